The first-order chi connectivity index (χ1) is 7.92. The average molecular weight is 260 g/mol. The monoisotopic (exact) mass is 260 g/mol. The molecule has 1 atom stereocenters. The molecule has 2 rings (SSSR count). The first-order valence-corrected chi connectivity index (χ1v) is 8.18. The van der Waals surface area contributed by atoms with Gasteiger partial charge in [0.05, 0.1) is 5.25 Å². The van der Waals surface area contributed by atoms with E-state index in [-0.39, 0.29) is 16.7 Å². The van der Waals surface area contributed by atoms with Gasteiger partial charge in [0.2, 0.25) is 10.0 Å². The van der Waals surface area contributed by atoms with Crippen LogP contribution in [0.2, 0.25) is 0 Å². The highest BCUT2D eigenvalue weighted by atomic mass is 32.2. The van der Waals surface area contributed by atoms with Crippen molar-refractivity contribution in [3.8, 4) is 0 Å². The van der Waals surface area contributed by atoms with Gasteiger partial charge in [0.15, 0.2) is 0 Å². The Bertz CT molecular complexity index is 359. The minimum atomic E-state index is -3.11. The molecule has 0 aromatic carbocycles. The topological polar surface area (TPSA) is 58.2 Å². The number of hydrogen-bond acceptors (Lipinski definition) is 3. The van der Waals surface area contributed by atoms with Gasteiger partial charge in [0.25, 0.3) is 0 Å². The second-order valence-electron chi connectivity index (χ2n) is 6.08. The van der Waals surface area contributed by atoms with Crippen LogP contribution in [0.3, 0.4) is 0 Å². The van der Waals surface area contributed by atoms with Crippen molar-refractivity contribution < 1.29 is 8.42 Å². The largest absolute Gasteiger partial charge is 0.316 e. The molecule has 0 bridgehead atoms. The molecule has 0 spiro atoms. The third-order valence-corrected chi connectivity index (χ3v) is 6.14. The van der Waals surface area contributed by atoms with Crippen molar-refractivity contribution in [1.82, 2.24) is 10.0 Å². The van der Waals surface area contributed by atoms with E-state index < -0.39 is 10.0 Å². The van der Waals surface area contributed by atoms with Crippen LogP contribution in [0.4, 0.5) is 0 Å². The number of hydrogen-bond donors (Lipinski definition) is 2. The molecule has 2 aliphatic rings. The molecular formula is C12H24N2O2S. The number of rotatable bonds is 3. The van der Waals surface area contributed by atoms with Gasteiger partial charge in [-0.3, -0.25) is 0 Å². The Morgan fingerprint density at radius 1 is 1.18 bits per heavy atom. The van der Waals surface area contributed by atoms with Gasteiger partial charge in [-0.2, -0.15) is 0 Å². The first-order valence-electron chi connectivity index (χ1n) is 6.64. The van der Waals surface area contributed by atoms with Crippen LogP contribution >= 0.6 is 0 Å². The lowest BCUT2D eigenvalue weighted by Crippen LogP contribution is -2.55. The van der Waals surface area contributed by atoms with Crippen molar-refractivity contribution in [3.05, 3.63) is 0 Å². The zero-order chi connectivity index (χ0) is 12.5. The van der Waals surface area contributed by atoms with E-state index in [4.69, 9.17) is 0 Å². The van der Waals surface area contributed by atoms with E-state index in [9.17, 15) is 8.42 Å². The van der Waals surface area contributed by atoms with Crippen LogP contribution < -0.4 is 10.0 Å². The van der Waals surface area contributed by atoms with Crippen molar-refractivity contribution in [3.63, 3.8) is 0 Å². The first kappa shape index (κ1) is 13.3. The Morgan fingerprint density at radius 3 is 2.41 bits per heavy atom. The molecule has 0 radical (unpaired) electrons. The van der Waals surface area contributed by atoms with Crippen LogP contribution in [-0.4, -0.2) is 32.8 Å². The van der Waals surface area contributed by atoms with Crippen LogP contribution in [-0.2, 0) is 10.0 Å². The maximum Gasteiger partial charge on any atom is 0.214 e. The van der Waals surface area contributed by atoms with Gasteiger partial charge in [-0.15, -0.1) is 0 Å². The standard InChI is InChI=1S/C12H24N2O2S/c1-12(2)9-13-8-7-11(12)14-17(15,16)10-5-3-4-6-10/h10-11,13-14H,3-9H2,1-2H3. The molecule has 1 saturated carbocycles. The molecule has 4 nitrogen and oxygen atoms in total. The molecular weight excluding hydrogens is 236 g/mol. The van der Waals surface area contributed by atoms with E-state index in [0.29, 0.717) is 0 Å². The molecule has 1 aliphatic heterocycles. The molecule has 2 fully saturated rings. The number of nitrogens with one attached hydrogen (secondary N) is 2. The van der Waals surface area contributed by atoms with Crippen LogP contribution in [0.25, 0.3) is 0 Å². The fourth-order valence-corrected chi connectivity index (χ4v) is 4.86. The molecule has 1 saturated heterocycles. The quantitative estimate of drug-likeness (QED) is 0.802. The summed E-state index contributed by atoms with van der Waals surface area (Å²) >= 11 is 0. The molecule has 17 heavy (non-hydrogen) atoms. The fourth-order valence-electron chi connectivity index (χ4n) is 2.88. The highest BCUT2D eigenvalue weighted by Gasteiger charge is 2.37. The summed E-state index contributed by atoms with van der Waals surface area (Å²) in [6.07, 6.45) is 4.67. The lowest BCUT2D eigenvalue weighted by atomic mass is 9.81. The Kier molecular flexibility index (Phi) is 3.80. The third-order valence-electron chi connectivity index (χ3n) is 4.18. The van der Waals surface area contributed by atoms with E-state index in [2.05, 4.69) is 23.9 Å². The summed E-state index contributed by atoms with van der Waals surface area (Å²) < 4.78 is 27.5. The van der Waals surface area contributed by atoms with Crippen molar-refractivity contribution in [2.24, 2.45) is 5.41 Å². The van der Waals surface area contributed by atoms with Crippen LogP contribution in [0, 0.1) is 5.41 Å². The summed E-state index contributed by atoms with van der Waals surface area (Å²) in [5, 5.41) is 3.18. The van der Waals surface area contributed by atoms with Crippen molar-refractivity contribution in [2.45, 2.75) is 57.2 Å². The van der Waals surface area contributed by atoms with E-state index in [1.807, 2.05) is 0 Å². The van der Waals surface area contributed by atoms with Gasteiger partial charge in [-0.25, -0.2) is 13.1 Å². The van der Waals surface area contributed by atoms with Crippen molar-refractivity contribution >= 4 is 10.0 Å². The van der Waals surface area contributed by atoms with Gasteiger partial charge in [0, 0.05) is 12.6 Å². The summed E-state index contributed by atoms with van der Waals surface area (Å²) in [5.74, 6) is 0. The summed E-state index contributed by atoms with van der Waals surface area (Å²) in [5.41, 5.74) is 0.00389. The van der Waals surface area contributed by atoms with E-state index >= 15 is 0 Å². The summed E-state index contributed by atoms with van der Waals surface area (Å²) in [7, 11) is -3.11. The van der Waals surface area contributed by atoms with Crippen LogP contribution in [0.5, 0.6) is 0 Å². The van der Waals surface area contributed by atoms with Gasteiger partial charge < -0.3 is 5.32 Å². The summed E-state index contributed by atoms with van der Waals surface area (Å²) in [6, 6.07) is 0.0781. The fraction of sp³-hybridized carbons (Fsp3) is 1.00. The molecule has 100 valence electrons. The maximum atomic E-state index is 12.3. The van der Waals surface area contributed by atoms with Gasteiger partial charge in [-0.1, -0.05) is 26.7 Å². The molecule has 0 aromatic rings. The normalized spacial score (nSPS) is 30.6. The molecule has 1 aliphatic carbocycles. The van der Waals surface area contributed by atoms with E-state index in [0.717, 1.165) is 45.2 Å². The Balaban J connectivity index is 2.03. The minimum Gasteiger partial charge on any atom is -0.316 e. The Labute approximate surface area is 105 Å². The molecule has 0 amide bonds. The highest BCUT2D eigenvalue weighted by Crippen LogP contribution is 2.29. The smallest absolute Gasteiger partial charge is 0.214 e. The average Bonchev–Trinajstić information content (AvgIpc) is 2.74. The van der Waals surface area contributed by atoms with Crippen LogP contribution in [0.15, 0.2) is 0 Å². The Hall–Kier alpha value is -0.130. The summed E-state index contributed by atoms with van der Waals surface area (Å²) in [6.45, 7) is 6.04. The predicted octanol–water partition coefficient (Wildman–Crippen LogP) is 1.24. The van der Waals surface area contributed by atoms with Crippen LogP contribution in [0.1, 0.15) is 46.0 Å². The molecule has 1 unspecified atom stereocenters. The number of sulfonamides is 1. The van der Waals surface area contributed by atoms with Gasteiger partial charge in [0.1, 0.15) is 0 Å². The zero-order valence-electron chi connectivity index (χ0n) is 10.8. The highest BCUT2D eigenvalue weighted by molar-refractivity contribution is 7.90. The Morgan fingerprint density at radius 2 is 1.82 bits per heavy atom. The second kappa shape index (κ2) is 4.86. The predicted molar refractivity (Wildman–Crippen MR) is 69.4 cm³/mol. The molecule has 5 heteroatoms. The van der Waals surface area contributed by atoms with Gasteiger partial charge in [-0.05, 0) is 31.2 Å². The summed E-state index contributed by atoms with van der Waals surface area (Å²) in [4.78, 5) is 0. The van der Waals surface area contributed by atoms with Crippen molar-refractivity contribution in [1.29, 1.82) is 0 Å². The lowest BCUT2D eigenvalue weighted by molar-refractivity contribution is 0.206. The molecule has 2 N–H and O–H groups in total. The second-order valence-corrected chi connectivity index (χ2v) is 8.07. The minimum absolute atomic E-state index is 0.00389. The van der Waals surface area contributed by atoms with Gasteiger partial charge >= 0.3 is 0 Å². The zero-order valence-corrected chi connectivity index (χ0v) is 11.6. The van der Waals surface area contributed by atoms with E-state index in [1.165, 1.54) is 0 Å². The van der Waals surface area contributed by atoms with Crippen molar-refractivity contribution in [2.75, 3.05) is 13.1 Å². The number of piperidine rings is 1. The third kappa shape index (κ3) is 3.01. The maximum absolute atomic E-state index is 12.3. The lowest BCUT2D eigenvalue weighted by Gasteiger charge is -2.39. The molecule has 1 heterocycles. The van der Waals surface area contributed by atoms with E-state index in [1.54, 1.807) is 0 Å². The molecule has 0 aromatic heterocycles. The SMILES string of the molecule is CC1(C)CNCCC1NS(=O)(=O)C1CCCC1.